The molecule has 126 valence electrons. The minimum atomic E-state index is -0.293. The smallest absolute Gasteiger partial charge is 0.176 e. The standard InChI is InChI=1S/C18H18BrNO4/c1-18(2)9-14(21)12(15(22)10-18)6-11-7-13(19)17(24-5-4-20)16(8-11)23-3/h6-8H,5,9-10H2,1-3H3. The van der Waals surface area contributed by atoms with Gasteiger partial charge in [0.25, 0.3) is 0 Å². The van der Waals surface area contributed by atoms with Crippen molar-refractivity contribution in [3.05, 3.63) is 27.7 Å². The van der Waals surface area contributed by atoms with E-state index in [-0.39, 0.29) is 29.2 Å². The monoisotopic (exact) mass is 391 g/mol. The molecule has 1 saturated carbocycles. The summed E-state index contributed by atoms with van der Waals surface area (Å²) in [5.74, 6) is 0.540. The molecule has 1 aliphatic carbocycles. The van der Waals surface area contributed by atoms with Gasteiger partial charge in [0, 0.05) is 12.8 Å². The molecule has 0 bridgehead atoms. The number of allylic oxidation sites excluding steroid dienone is 1. The van der Waals surface area contributed by atoms with E-state index in [4.69, 9.17) is 14.7 Å². The van der Waals surface area contributed by atoms with Gasteiger partial charge in [-0.3, -0.25) is 9.59 Å². The van der Waals surface area contributed by atoms with Gasteiger partial charge in [0.1, 0.15) is 6.07 Å². The Balaban J connectivity index is 2.40. The largest absolute Gasteiger partial charge is 0.493 e. The second kappa shape index (κ2) is 7.18. The van der Waals surface area contributed by atoms with Crippen molar-refractivity contribution in [3.63, 3.8) is 0 Å². The average Bonchev–Trinajstić information content (AvgIpc) is 2.48. The highest BCUT2D eigenvalue weighted by Gasteiger charge is 2.35. The molecular weight excluding hydrogens is 374 g/mol. The van der Waals surface area contributed by atoms with Crippen LogP contribution in [0.2, 0.25) is 0 Å². The van der Waals surface area contributed by atoms with Gasteiger partial charge in [0.05, 0.1) is 17.2 Å². The van der Waals surface area contributed by atoms with E-state index in [1.807, 2.05) is 19.9 Å². The van der Waals surface area contributed by atoms with Gasteiger partial charge in [-0.15, -0.1) is 0 Å². The van der Waals surface area contributed by atoms with Crippen LogP contribution in [-0.4, -0.2) is 25.3 Å². The SMILES string of the molecule is COc1cc(C=C2C(=O)CC(C)(C)CC2=O)cc(Br)c1OCC#N. The molecule has 0 spiro atoms. The minimum Gasteiger partial charge on any atom is -0.493 e. The van der Waals surface area contributed by atoms with Crippen LogP contribution in [0.4, 0.5) is 0 Å². The van der Waals surface area contributed by atoms with Gasteiger partial charge in [0.15, 0.2) is 29.7 Å². The number of hydrogen-bond acceptors (Lipinski definition) is 5. The summed E-state index contributed by atoms with van der Waals surface area (Å²) in [5, 5.41) is 8.64. The quantitative estimate of drug-likeness (QED) is 0.577. The number of carbonyl (C=O) groups excluding carboxylic acids is 2. The van der Waals surface area contributed by atoms with Crippen molar-refractivity contribution in [1.29, 1.82) is 5.26 Å². The first-order valence-electron chi connectivity index (χ1n) is 7.43. The molecule has 1 aromatic carbocycles. The molecular formula is C18H18BrNO4. The number of hydrogen-bond donors (Lipinski definition) is 0. The van der Waals surface area contributed by atoms with E-state index < -0.39 is 0 Å². The Morgan fingerprint density at radius 1 is 1.29 bits per heavy atom. The molecule has 24 heavy (non-hydrogen) atoms. The lowest BCUT2D eigenvalue weighted by Gasteiger charge is -2.28. The fraction of sp³-hybridized carbons (Fsp3) is 0.389. The molecule has 0 amide bonds. The van der Waals surface area contributed by atoms with Crippen LogP contribution >= 0.6 is 15.9 Å². The maximum Gasteiger partial charge on any atom is 0.176 e. The first-order chi connectivity index (χ1) is 11.3. The molecule has 0 unspecified atom stereocenters. The summed E-state index contributed by atoms with van der Waals surface area (Å²) >= 11 is 3.37. The van der Waals surface area contributed by atoms with Gasteiger partial charge >= 0.3 is 0 Å². The Hall–Kier alpha value is -2.13. The summed E-state index contributed by atoms with van der Waals surface area (Å²) < 4.78 is 11.2. The van der Waals surface area contributed by atoms with Crippen LogP contribution < -0.4 is 9.47 Å². The third-order valence-electron chi connectivity index (χ3n) is 3.72. The molecule has 0 heterocycles. The Morgan fingerprint density at radius 3 is 2.46 bits per heavy atom. The molecule has 0 N–H and O–H groups in total. The number of Topliss-reactive ketones (excluding diaryl/α,β-unsaturated/α-hetero) is 2. The predicted octanol–water partition coefficient (Wildman–Crippen LogP) is 3.70. The number of carbonyl (C=O) groups is 2. The van der Waals surface area contributed by atoms with Crippen LogP contribution in [0.5, 0.6) is 11.5 Å². The Morgan fingerprint density at radius 2 is 1.92 bits per heavy atom. The van der Waals surface area contributed by atoms with Crippen molar-refractivity contribution in [1.82, 2.24) is 0 Å². The summed E-state index contributed by atoms with van der Waals surface area (Å²) in [5.41, 5.74) is 0.576. The van der Waals surface area contributed by atoms with Crippen LogP contribution in [0.3, 0.4) is 0 Å². The van der Waals surface area contributed by atoms with E-state index in [1.165, 1.54) is 7.11 Å². The maximum atomic E-state index is 12.3. The molecule has 0 aromatic heterocycles. The second-order valence-electron chi connectivity index (χ2n) is 6.40. The highest BCUT2D eigenvalue weighted by Crippen LogP contribution is 2.38. The Kier molecular flexibility index (Phi) is 5.45. The first kappa shape index (κ1) is 18.2. The van der Waals surface area contributed by atoms with Crippen molar-refractivity contribution in [2.75, 3.05) is 13.7 Å². The normalized spacial score (nSPS) is 16.5. The van der Waals surface area contributed by atoms with E-state index >= 15 is 0 Å². The molecule has 5 nitrogen and oxygen atoms in total. The number of ketones is 2. The number of nitrogens with zero attached hydrogens (tertiary/aromatic N) is 1. The van der Waals surface area contributed by atoms with E-state index in [9.17, 15) is 9.59 Å². The Labute approximate surface area is 149 Å². The van der Waals surface area contributed by atoms with E-state index in [1.54, 1.807) is 18.2 Å². The zero-order chi connectivity index (χ0) is 17.9. The van der Waals surface area contributed by atoms with Crippen LogP contribution in [0.1, 0.15) is 32.3 Å². The van der Waals surface area contributed by atoms with Crippen molar-refractivity contribution >= 4 is 33.6 Å². The molecule has 0 radical (unpaired) electrons. The van der Waals surface area contributed by atoms with Crippen LogP contribution in [0, 0.1) is 16.7 Å². The summed E-state index contributed by atoms with van der Waals surface area (Å²) in [7, 11) is 1.48. The van der Waals surface area contributed by atoms with E-state index in [2.05, 4.69) is 15.9 Å². The van der Waals surface area contributed by atoms with Crippen molar-refractivity contribution in [2.24, 2.45) is 5.41 Å². The van der Waals surface area contributed by atoms with Gasteiger partial charge in [-0.25, -0.2) is 0 Å². The molecule has 0 aliphatic heterocycles. The molecule has 1 fully saturated rings. The number of benzene rings is 1. The average molecular weight is 392 g/mol. The zero-order valence-corrected chi connectivity index (χ0v) is 15.4. The van der Waals surface area contributed by atoms with Crippen LogP contribution in [0.15, 0.2) is 22.2 Å². The summed E-state index contributed by atoms with van der Waals surface area (Å²) in [6, 6.07) is 5.29. The molecule has 0 atom stereocenters. The van der Waals surface area contributed by atoms with Crippen LogP contribution in [0.25, 0.3) is 6.08 Å². The third-order valence-corrected chi connectivity index (χ3v) is 4.31. The maximum absolute atomic E-state index is 12.3. The highest BCUT2D eigenvalue weighted by atomic mass is 79.9. The molecule has 1 aliphatic rings. The molecule has 1 aromatic rings. The number of halogens is 1. The van der Waals surface area contributed by atoms with Gasteiger partial charge in [0.2, 0.25) is 0 Å². The fourth-order valence-electron chi connectivity index (χ4n) is 2.67. The van der Waals surface area contributed by atoms with Gasteiger partial charge in [-0.05, 0) is 45.1 Å². The lowest BCUT2D eigenvalue weighted by atomic mass is 9.74. The number of methoxy groups -OCH3 is 1. The number of rotatable bonds is 4. The summed E-state index contributed by atoms with van der Waals surface area (Å²) in [6.07, 6.45) is 2.29. The Bertz CT molecular complexity index is 737. The molecule has 6 heteroatoms. The van der Waals surface area contributed by atoms with Crippen molar-refractivity contribution in [2.45, 2.75) is 26.7 Å². The number of nitriles is 1. The van der Waals surface area contributed by atoms with Gasteiger partial charge < -0.3 is 9.47 Å². The van der Waals surface area contributed by atoms with E-state index in [0.29, 0.717) is 34.4 Å². The topological polar surface area (TPSA) is 76.4 Å². The number of ether oxygens (including phenoxy) is 2. The summed E-state index contributed by atoms with van der Waals surface area (Å²) in [6.45, 7) is 3.72. The first-order valence-corrected chi connectivity index (χ1v) is 8.22. The van der Waals surface area contributed by atoms with E-state index in [0.717, 1.165) is 0 Å². The second-order valence-corrected chi connectivity index (χ2v) is 7.26. The lowest BCUT2D eigenvalue weighted by molar-refractivity contribution is -0.127. The summed E-state index contributed by atoms with van der Waals surface area (Å²) in [4.78, 5) is 24.6. The lowest BCUT2D eigenvalue weighted by Crippen LogP contribution is -2.31. The third kappa shape index (κ3) is 4.04. The predicted molar refractivity (Wildman–Crippen MR) is 92.8 cm³/mol. The zero-order valence-electron chi connectivity index (χ0n) is 13.8. The van der Waals surface area contributed by atoms with Gasteiger partial charge in [-0.1, -0.05) is 13.8 Å². The molecule has 2 rings (SSSR count). The van der Waals surface area contributed by atoms with Crippen LogP contribution in [-0.2, 0) is 9.59 Å². The molecule has 0 saturated heterocycles. The van der Waals surface area contributed by atoms with Crippen molar-refractivity contribution in [3.8, 4) is 17.6 Å². The van der Waals surface area contributed by atoms with Crippen molar-refractivity contribution < 1.29 is 19.1 Å². The minimum absolute atomic E-state index is 0.110. The highest BCUT2D eigenvalue weighted by molar-refractivity contribution is 9.10. The fourth-order valence-corrected chi connectivity index (χ4v) is 3.25. The van der Waals surface area contributed by atoms with Gasteiger partial charge in [-0.2, -0.15) is 5.26 Å².